The number of nitrogens with zero attached hydrogens (tertiary/aromatic N) is 2. The Balaban J connectivity index is 1.92. The lowest BCUT2D eigenvalue weighted by Gasteiger charge is -2.14. The van der Waals surface area contributed by atoms with E-state index in [1.807, 2.05) is 6.07 Å². The molecule has 2 aromatic rings. The number of para-hydroxylation sites is 1. The summed E-state index contributed by atoms with van der Waals surface area (Å²) in [6.07, 6.45) is 3.31. The Morgan fingerprint density at radius 2 is 2.30 bits per heavy atom. The molecule has 1 saturated heterocycles. The number of hydrogen-bond donors (Lipinski definition) is 1. The van der Waals surface area contributed by atoms with Crippen LogP contribution in [0.25, 0.3) is 11.0 Å². The van der Waals surface area contributed by atoms with Crippen LogP contribution in [-0.4, -0.2) is 22.6 Å². The Morgan fingerprint density at radius 3 is 3.00 bits per heavy atom. The van der Waals surface area contributed by atoms with Crippen molar-refractivity contribution in [3.8, 4) is 0 Å². The Morgan fingerprint density at radius 1 is 1.45 bits per heavy atom. The van der Waals surface area contributed by atoms with Gasteiger partial charge in [0.1, 0.15) is 11.3 Å². The first-order valence-electron chi connectivity index (χ1n) is 7.53. The van der Waals surface area contributed by atoms with Gasteiger partial charge in [-0.2, -0.15) is 0 Å². The fourth-order valence-corrected chi connectivity index (χ4v) is 3.18. The Hall–Kier alpha value is -1.42. The highest BCUT2D eigenvalue weighted by atomic mass is 19.1. The van der Waals surface area contributed by atoms with Crippen LogP contribution in [0, 0.1) is 11.7 Å². The van der Waals surface area contributed by atoms with Crippen LogP contribution in [0.4, 0.5) is 4.39 Å². The molecule has 0 bridgehead atoms. The summed E-state index contributed by atoms with van der Waals surface area (Å²) in [5.74, 6) is 1.54. The average molecular weight is 275 g/mol. The molecule has 4 heteroatoms. The van der Waals surface area contributed by atoms with Crippen LogP contribution in [0.2, 0.25) is 0 Å². The maximum atomic E-state index is 13.9. The van der Waals surface area contributed by atoms with Gasteiger partial charge in [0.25, 0.3) is 0 Å². The van der Waals surface area contributed by atoms with Crippen molar-refractivity contribution in [2.24, 2.45) is 5.92 Å². The molecule has 0 aliphatic carbocycles. The second-order valence-corrected chi connectivity index (χ2v) is 6.00. The van der Waals surface area contributed by atoms with Crippen LogP contribution in [0.1, 0.15) is 38.6 Å². The van der Waals surface area contributed by atoms with Gasteiger partial charge in [0.15, 0.2) is 5.82 Å². The van der Waals surface area contributed by atoms with Gasteiger partial charge in [0, 0.05) is 12.5 Å². The molecule has 20 heavy (non-hydrogen) atoms. The van der Waals surface area contributed by atoms with E-state index in [4.69, 9.17) is 0 Å². The van der Waals surface area contributed by atoms with E-state index in [1.54, 1.807) is 6.07 Å². The largest absolute Gasteiger partial charge is 0.325 e. The third-order valence-corrected chi connectivity index (χ3v) is 4.20. The number of aromatic nitrogens is 2. The van der Waals surface area contributed by atoms with Crippen molar-refractivity contribution < 1.29 is 4.39 Å². The van der Waals surface area contributed by atoms with Crippen LogP contribution >= 0.6 is 0 Å². The Labute approximate surface area is 119 Å². The number of halogens is 1. The third-order valence-electron chi connectivity index (χ3n) is 4.20. The third kappa shape index (κ3) is 2.44. The van der Waals surface area contributed by atoms with Gasteiger partial charge in [0.2, 0.25) is 0 Å². The van der Waals surface area contributed by atoms with Crippen molar-refractivity contribution in [1.82, 2.24) is 14.9 Å². The first-order chi connectivity index (χ1) is 9.66. The van der Waals surface area contributed by atoms with Crippen molar-refractivity contribution in [2.45, 2.75) is 39.2 Å². The van der Waals surface area contributed by atoms with Crippen LogP contribution in [0.15, 0.2) is 18.2 Å². The molecule has 108 valence electrons. The molecule has 1 aliphatic heterocycles. The number of imidazole rings is 1. The molecule has 0 spiro atoms. The summed E-state index contributed by atoms with van der Waals surface area (Å²) in [6, 6.07) is 5.53. The van der Waals surface area contributed by atoms with Crippen molar-refractivity contribution in [3.63, 3.8) is 0 Å². The second kappa shape index (κ2) is 5.52. The lowest BCUT2D eigenvalue weighted by Crippen LogP contribution is -2.12. The normalized spacial score (nSPS) is 19.3. The minimum atomic E-state index is -0.217. The van der Waals surface area contributed by atoms with Crippen LogP contribution in [0.5, 0.6) is 0 Å². The molecule has 1 unspecified atom stereocenters. The molecule has 0 saturated carbocycles. The zero-order chi connectivity index (χ0) is 14.1. The minimum absolute atomic E-state index is 0.217. The highest BCUT2D eigenvalue weighted by Gasteiger charge is 2.19. The topological polar surface area (TPSA) is 29.9 Å². The van der Waals surface area contributed by atoms with Crippen molar-refractivity contribution in [3.05, 3.63) is 29.8 Å². The van der Waals surface area contributed by atoms with Crippen molar-refractivity contribution in [2.75, 3.05) is 13.1 Å². The summed E-state index contributed by atoms with van der Waals surface area (Å²) in [6.45, 7) is 6.50. The molecule has 3 nitrogen and oxygen atoms in total. The lowest BCUT2D eigenvalue weighted by molar-refractivity contribution is 0.502. The van der Waals surface area contributed by atoms with Gasteiger partial charge >= 0.3 is 0 Å². The molecule has 1 fully saturated rings. The molecule has 1 aliphatic rings. The highest BCUT2D eigenvalue weighted by Crippen LogP contribution is 2.25. The van der Waals surface area contributed by atoms with Gasteiger partial charge in [-0.15, -0.1) is 0 Å². The molecule has 3 rings (SSSR count). The molecule has 1 N–H and O–H groups in total. The number of fused-ring (bicyclic) bond motifs is 1. The van der Waals surface area contributed by atoms with E-state index in [0.29, 0.717) is 11.6 Å². The number of nitrogens with one attached hydrogen (secondary N) is 1. The molecule has 1 aromatic carbocycles. The van der Waals surface area contributed by atoms with Crippen molar-refractivity contribution >= 4 is 11.0 Å². The van der Waals surface area contributed by atoms with Gasteiger partial charge in [-0.25, -0.2) is 9.37 Å². The molecular weight excluding hydrogens is 253 g/mol. The summed E-state index contributed by atoms with van der Waals surface area (Å²) in [5, 5.41) is 3.39. The van der Waals surface area contributed by atoms with Gasteiger partial charge in [-0.05, 0) is 57.8 Å². The van der Waals surface area contributed by atoms with Crippen LogP contribution in [-0.2, 0) is 6.42 Å². The summed E-state index contributed by atoms with van der Waals surface area (Å²) in [7, 11) is 0. The zero-order valence-corrected chi connectivity index (χ0v) is 12.2. The van der Waals surface area contributed by atoms with Gasteiger partial charge in [0.05, 0.1) is 5.52 Å². The fraction of sp³-hybridized carbons (Fsp3) is 0.562. The molecule has 1 atom stereocenters. The monoisotopic (exact) mass is 275 g/mol. The number of hydrogen-bond acceptors (Lipinski definition) is 2. The summed E-state index contributed by atoms with van der Waals surface area (Å²) in [5.41, 5.74) is 1.43. The highest BCUT2D eigenvalue weighted by molar-refractivity contribution is 5.76. The second-order valence-electron chi connectivity index (χ2n) is 6.00. The molecule has 2 heterocycles. The first-order valence-corrected chi connectivity index (χ1v) is 7.53. The lowest BCUT2D eigenvalue weighted by atomic mass is 10.0. The number of benzene rings is 1. The van der Waals surface area contributed by atoms with Crippen LogP contribution < -0.4 is 5.32 Å². The first kappa shape index (κ1) is 13.6. The molecular formula is C16H22FN3. The van der Waals surface area contributed by atoms with Gasteiger partial charge in [-0.3, -0.25) is 0 Å². The van der Waals surface area contributed by atoms with Gasteiger partial charge < -0.3 is 9.88 Å². The molecule has 0 amide bonds. The summed E-state index contributed by atoms with van der Waals surface area (Å²) in [4.78, 5) is 4.56. The number of aryl methyl sites for hydroxylation is 1. The van der Waals surface area contributed by atoms with E-state index in [2.05, 4.69) is 28.7 Å². The standard InChI is InChI=1S/C16H22FN3/c1-11(2)20-14-5-3-4-13(17)16(14)19-15(20)7-6-12-8-9-18-10-12/h3-5,11-12,18H,6-10H2,1-2H3. The van der Waals surface area contributed by atoms with E-state index >= 15 is 0 Å². The van der Waals surface area contributed by atoms with E-state index in [0.717, 1.165) is 43.2 Å². The summed E-state index contributed by atoms with van der Waals surface area (Å²) < 4.78 is 16.1. The Kier molecular flexibility index (Phi) is 3.74. The maximum Gasteiger partial charge on any atom is 0.151 e. The Bertz CT molecular complexity index is 597. The molecule has 0 radical (unpaired) electrons. The van der Waals surface area contributed by atoms with Gasteiger partial charge in [-0.1, -0.05) is 6.07 Å². The molecule has 1 aromatic heterocycles. The van der Waals surface area contributed by atoms with Crippen molar-refractivity contribution in [1.29, 1.82) is 0 Å². The maximum absolute atomic E-state index is 13.9. The quantitative estimate of drug-likeness (QED) is 0.928. The van der Waals surface area contributed by atoms with Crippen LogP contribution in [0.3, 0.4) is 0 Å². The smallest absolute Gasteiger partial charge is 0.151 e. The van der Waals surface area contributed by atoms with E-state index in [9.17, 15) is 4.39 Å². The summed E-state index contributed by atoms with van der Waals surface area (Å²) >= 11 is 0. The predicted molar refractivity (Wildman–Crippen MR) is 79.4 cm³/mol. The van der Waals surface area contributed by atoms with E-state index < -0.39 is 0 Å². The van der Waals surface area contributed by atoms with E-state index in [-0.39, 0.29) is 5.82 Å². The fourth-order valence-electron chi connectivity index (χ4n) is 3.18. The predicted octanol–water partition coefficient (Wildman–Crippen LogP) is 3.30. The van der Waals surface area contributed by atoms with E-state index in [1.165, 1.54) is 12.5 Å². The minimum Gasteiger partial charge on any atom is -0.325 e. The average Bonchev–Trinajstić information content (AvgIpc) is 3.03. The zero-order valence-electron chi connectivity index (χ0n) is 12.2. The number of rotatable bonds is 4. The SMILES string of the molecule is CC(C)n1c(CCC2CCNC2)nc2c(F)cccc21.